The Balaban J connectivity index is 0.000000186. The van der Waals surface area contributed by atoms with E-state index in [1.807, 2.05) is 12.1 Å². The number of hydrogen-bond donors (Lipinski definition) is 6. The Morgan fingerprint density at radius 1 is 0.566 bits per heavy atom. The third kappa shape index (κ3) is 10.8. The van der Waals surface area contributed by atoms with Gasteiger partial charge in [0.1, 0.15) is 22.5 Å². The number of carbonyl (C=O) groups is 4. The lowest BCUT2D eigenvalue weighted by Gasteiger charge is -2.38. The van der Waals surface area contributed by atoms with E-state index >= 15 is 8.78 Å². The molecular formula is C60H70Cl4F2N4O6. The van der Waals surface area contributed by atoms with Crippen molar-refractivity contribution in [1.29, 1.82) is 0 Å². The van der Waals surface area contributed by atoms with Crippen LogP contribution in [-0.4, -0.2) is 70.0 Å². The number of fused-ring (bicyclic) bond motifs is 4. The van der Waals surface area contributed by atoms with Gasteiger partial charge in [-0.3, -0.25) is 19.2 Å². The second-order valence-electron chi connectivity index (χ2n) is 24.9. The summed E-state index contributed by atoms with van der Waals surface area (Å²) in [6.45, 7) is 12.6. The summed E-state index contributed by atoms with van der Waals surface area (Å²) in [4.78, 5) is 56.4. The van der Waals surface area contributed by atoms with Crippen molar-refractivity contribution in [3.63, 3.8) is 0 Å². The van der Waals surface area contributed by atoms with Crippen LogP contribution in [0.1, 0.15) is 153 Å². The fraction of sp³-hybridized carbons (Fsp3) is 0.533. The second kappa shape index (κ2) is 21.9. The molecule has 16 heteroatoms. The van der Waals surface area contributed by atoms with E-state index in [4.69, 9.17) is 46.4 Å². The molecule has 2 aliphatic carbocycles. The standard InChI is InChI=1S/2C30H35Cl2FN2O3/c2*1-29(2,3)15-24-30(20-12-9-17(31)14-22(20)34-28(30)38)25(19-5-4-6-21(32)26(19)33)27(35-24)23(37)13-16-7-10-18(36)11-8-16/h2*4-6,9,12,14,16,18,24-25,27,35-36H,7-8,10-11,13,15H2,1-3H3,(H,34,38)/t16?,18?,24-,25+,27+,30+;16?,18?,24-,25-,27-,30+/m10/s1. The molecule has 2 saturated heterocycles. The van der Waals surface area contributed by atoms with E-state index in [1.165, 1.54) is 12.1 Å². The lowest BCUT2D eigenvalue weighted by atomic mass is 9.62. The van der Waals surface area contributed by atoms with Crippen molar-refractivity contribution in [2.24, 2.45) is 22.7 Å². The van der Waals surface area contributed by atoms with Gasteiger partial charge in [-0.25, -0.2) is 8.78 Å². The van der Waals surface area contributed by atoms with Crippen LogP contribution in [0.3, 0.4) is 0 Å². The maximum absolute atomic E-state index is 15.8. The van der Waals surface area contributed by atoms with E-state index in [2.05, 4.69) is 62.8 Å². The molecule has 8 atom stereocenters. The van der Waals surface area contributed by atoms with Gasteiger partial charge in [0.2, 0.25) is 11.8 Å². The van der Waals surface area contributed by atoms with Gasteiger partial charge in [-0.2, -0.15) is 0 Å². The van der Waals surface area contributed by atoms with E-state index in [1.54, 1.807) is 48.5 Å². The normalized spacial score (nSPS) is 30.9. The smallest absolute Gasteiger partial charge is 0.237 e. The van der Waals surface area contributed by atoms with E-state index in [9.17, 15) is 29.4 Å². The second-order valence-corrected chi connectivity index (χ2v) is 26.6. The Bertz CT molecular complexity index is 2700. The number of anilines is 2. The van der Waals surface area contributed by atoms with Gasteiger partial charge < -0.3 is 31.5 Å². The highest BCUT2D eigenvalue weighted by molar-refractivity contribution is 6.32. The van der Waals surface area contributed by atoms with Gasteiger partial charge in [-0.1, -0.05) is 124 Å². The molecule has 408 valence electrons. The van der Waals surface area contributed by atoms with Crippen molar-refractivity contribution in [3.05, 3.63) is 127 Å². The molecule has 0 unspecified atom stereocenters. The Morgan fingerprint density at radius 3 is 1.26 bits per heavy atom. The van der Waals surface area contributed by atoms with Gasteiger partial charge in [-0.05, 0) is 146 Å². The number of Topliss-reactive ketones (excluding diaryl/α,β-unsaturated/α-hetero) is 2. The molecule has 0 aromatic heterocycles. The van der Waals surface area contributed by atoms with E-state index in [0.29, 0.717) is 83.9 Å². The Kier molecular flexibility index (Phi) is 16.4. The summed E-state index contributed by atoms with van der Waals surface area (Å²) in [5.74, 6) is -3.14. The minimum absolute atomic E-state index is 0.0400. The average molecular weight is 1120 g/mol. The summed E-state index contributed by atoms with van der Waals surface area (Å²) in [5.41, 5.74) is 0.292. The van der Waals surface area contributed by atoms with Crippen molar-refractivity contribution in [2.75, 3.05) is 10.6 Å². The maximum atomic E-state index is 15.8. The molecule has 6 N–H and O–H groups in total. The average Bonchev–Trinajstić information content (AvgIpc) is 4.10. The van der Waals surface area contributed by atoms with Crippen LogP contribution >= 0.6 is 46.4 Å². The van der Waals surface area contributed by atoms with Crippen molar-refractivity contribution < 1.29 is 38.2 Å². The number of aliphatic hydroxyl groups excluding tert-OH is 2. The summed E-state index contributed by atoms with van der Waals surface area (Å²) in [6.07, 6.45) is 6.96. The fourth-order valence-electron chi connectivity index (χ4n) is 13.9. The third-order valence-corrected chi connectivity index (χ3v) is 18.2. The van der Waals surface area contributed by atoms with E-state index < -0.39 is 58.5 Å². The number of ketones is 2. The van der Waals surface area contributed by atoms with Gasteiger partial charge in [0.15, 0.2) is 11.6 Å². The zero-order valence-electron chi connectivity index (χ0n) is 44.0. The molecule has 2 spiro atoms. The summed E-state index contributed by atoms with van der Waals surface area (Å²) in [6, 6.07) is 17.7. The van der Waals surface area contributed by atoms with Crippen LogP contribution in [0.25, 0.3) is 0 Å². The van der Waals surface area contributed by atoms with Gasteiger partial charge in [0, 0.05) is 58.2 Å². The molecule has 4 aromatic rings. The summed E-state index contributed by atoms with van der Waals surface area (Å²) >= 11 is 25.1. The van der Waals surface area contributed by atoms with Crippen molar-refractivity contribution in [2.45, 2.75) is 178 Å². The summed E-state index contributed by atoms with van der Waals surface area (Å²) in [7, 11) is 0. The number of halogens is 6. The molecule has 4 aliphatic heterocycles. The number of carbonyl (C=O) groups excluding carboxylic acids is 4. The zero-order chi connectivity index (χ0) is 54.8. The lowest BCUT2D eigenvalue weighted by molar-refractivity contribution is -0.125. The van der Waals surface area contributed by atoms with Crippen LogP contribution in [0.2, 0.25) is 20.1 Å². The van der Waals surface area contributed by atoms with Gasteiger partial charge >= 0.3 is 0 Å². The van der Waals surface area contributed by atoms with Gasteiger partial charge in [0.05, 0.1) is 34.3 Å². The quantitative estimate of drug-likeness (QED) is 0.0917. The first-order chi connectivity index (χ1) is 35.8. The van der Waals surface area contributed by atoms with Crippen LogP contribution in [0.5, 0.6) is 0 Å². The molecule has 4 fully saturated rings. The highest BCUT2D eigenvalue weighted by Gasteiger charge is 2.67. The van der Waals surface area contributed by atoms with E-state index in [0.717, 1.165) is 25.7 Å². The molecule has 6 aliphatic rings. The third-order valence-electron chi connectivity index (χ3n) is 17.2. The molecule has 4 heterocycles. The Labute approximate surface area is 465 Å². The molecular weight excluding hydrogens is 1050 g/mol. The van der Waals surface area contributed by atoms with Crippen LogP contribution in [0.15, 0.2) is 72.8 Å². The molecule has 0 radical (unpaired) electrons. The molecule has 10 nitrogen and oxygen atoms in total. The molecule has 10 rings (SSSR count). The number of rotatable bonds is 10. The summed E-state index contributed by atoms with van der Waals surface area (Å²) in [5, 5.41) is 33.9. The monoisotopic (exact) mass is 1120 g/mol. The first kappa shape index (κ1) is 56.7. The maximum Gasteiger partial charge on any atom is 0.237 e. The number of amides is 2. The SMILES string of the molecule is CC(C)(C)C[C@@H]1N[C@@H](C(=O)CC2CCC(O)CC2)[C@H](c2cccc(Cl)c2F)[C@]12C(=O)Nc1cc(Cl)ccc12.CC(C)(C)C[C@H]1N[C@@H](C(=O)CC2CCC(O)CC2)[C@H](c2cccc(Cl)c2F)[C@@]12C(=O)Nc1cc(Cl)ccc12. The van der Waals surface area contributed by atoms with Crippen LogP contribution in [0.4, 0.5) is 20.2 Å². The van der Waals surface area contributed by atoms with Gasteiger partial charge in [-0.15, -0.1) is 0 Å². The molecule has 0 bridgehead atoms. The highest BCUT2D eigenvalue weighted by atomic mass is 35.5. The van der Waals surface area contributed by atoms with Crippen molar-refractivity contribution in [3.8, 4) is 0 Å². The predicted molar refractivity (Wildman–Crippen MR) is 297 cm³/mol. The van der Waals surface area contributed by atoms with Crippen molar-refractivity contribution >= 4 is 81.2 Å². The van der Waals surface area contributed by atoms with Crippen LogP contribution in [0, 0.1) is 34.3 Å². The Morgan fingerprint density at radius 2 is 0.921 bits per heavy atom. The topological polar surface area (TPSA) is 157 Å². The molecule has 76 heavy (non-hydrogen) atoms. The van der Waals surface area contributed by atoms with Gasteiger partial charge in [0.25, 0.3) is 0 Å². The molecule has 4 aromatic carbocycles. The number of aliphatic hydroxyl groups is 2. The summed E-state index contributed by atoms with van der Waals surface area (Å²) < 4.78 is 31.6. The predicted octanol–water partition coefficient (Wildman–Crippen LogP) is 12.8. The number of nitrogens with one attached hydrogen (secondary N) is 4. The minimum Gasteiger partial charge on any atom is -0.393 e. The van der Waals surface area contributed by atoms with Crippen molar-refractivity contribution in [1.82, 2.24) is 10.6 Å². The zero-order valence-corrected chi connectivity index (χ0v) is 47.0. The number of hydrogen-bond acceptors (Lipinski definition) is 8. The largest absolute Gasteiger partial charge is 0.393 e. The molecule has 2 saturated carbocycles. The first-order valence-electron chi connectivity index (χ1n) is 26.9. The fourth-order valence-corrected chi connectivity index (χ4v) is 14.6. The van der Waals surface area contributed by atoms with Crippen LogP contribution in [-0.2, 0) is 30.0 Å². The molecule has 2 amide bonds. The Hall–Kier alpha value is -3.98. The van der Waals surface area contributed by atoms with E-state index in [-0.39, 0.29) is 79.4 Å². The number of benzene rings is 4. The highest BCUT2D eigenvalue weighted by Crippen LogP contribution is 2.59. The lowest BCUT2D eigenvalue weighted by Crippen LogP contribution is -2.49. The van der Waals surface area contributed by atoms with Crippen LogP contribution < -0.4 is 21.3 Å². The first-order valence-corrected chi connectivity index (χ1v) is 28.4. The minimum atomic E-state index is -1.23.